The molecule has 16 heavy (non-hydrogen) atoms. The zero-order valence-corrected chi connectivity index (χ0v) is 10.0. The molecule has 0 spiro atoms. The standard InChI is InChI=1S/C12H20N2O2/c1-3-8(13-2)5-4-6-14-11(15)9-7-10(9)12(14)16/h8-10,13H,3-7H2,1-2H3. The maximum Gasteiger partial charge on any atom is 0.233 e. The average Bonchev–Trinajstić information content (AvgIpc) is 3.03. The number of rotatable bonds is 6. The number of piperidine rings is 1. The predicted molar refractivity (Wildman–Crippen MR) is 60.7 cm³/mol. The fourth-order valence-corrected chi connectivity index (χ4v) is 2.52. The van der Waals surface area contributed by atoms with E-state index in [1.807, 2.05) is 7.05 Å². The lowest BCUT2D eigenvalue weighted by Crippen LogP contribution is -2.34. The summed E-state index contributed by atoms with van der Waals surface area (Å²) in [4.78, 5) is 24.8. The molecule has 3 unspecified atom stereocenters. The van der Waals surface area contributed by atoms with Crippen molar-refractivity contribution < 1.29 is 9.59 Å². The Balaban J connectivity index is 1.74. The molecule has 1 N–H and O–H groups in total. The zero-order valence-electron chi connectivity index (χ0n) is 10.0. The summed E-state index contributed by atoms with van der Waals surface area (Å²) >= 11 is 0. The van der Waals surface area contributed by atoms with Gasteiger partial charge in [-0.2, -0.15) is 0 Å². The van der Waals surface area contributed by atoms with Crippen molar-refractivity contribution in [3.8, 4) is 0 Å². The van der Waals surface area contributed by atoms with Gasteiger partial charge in [0.15, 0.2) is 0 Å². The maximum absolute atomic E-state index is 11.7. The highest BCUT2D eigenvalue weighted by atomic mass is 16.2. The van der Waals surface area contributed by atoms with Crippen LogP contribution in [0.2, 0.25) is 0 Å². The lowest BCUT2D eigenvalue weighted by Gasteiger charge is -2.18. The minimum Gasteiger partial charge on any atom is -0.317 e. The predicted octanol–water partition coefficient (Wildman–Crippen LogP) is 0.770. The van der Waals surface area contributed by atoms with Crippen molar-refractivity contribution in [3.63, 3.8) is 0 Å². The van der Waals surface area contributed by atoms with E-state index in [2.05, 4.69) is 12.2 Å². The van der Waals surface area contributed by atoms with Crippen molar-refractivity contribution in [3.05, 3.63) is 0 Å². The Kier molecular flexibility index (Phi) is 3.28. The van der Waals surface area contributed by atoms with Crippen molar-refractivity contribution >= 4 is 11.8 Å². The molecule has 2 aliphatic rings. The molecule has 1 aliphatic carbocycles. The lowest BCUT2D eigenvalue weighted by molar-refractivity contribution is -0.141. The first-order valence-corrected chi connectivity index (χ1v) is 6.21. The molecule has 1 aliphatic heterocycles. The first-order valence-electron chi connectivity index (χ1n) is 6.21. The number of nitrogens with one attached hydrogen (secondary N) is 1. The van der Waals surface area contributed by atoms with Crippen LogP contribution in [-0.2, 0) is 9.59 Å². The van der Waals surface area contributed by atoms with E-state index in [1.165, 1.54) is 4.90 Å². The van der Waals surface area contributed by atoms with E-state index >= 15 is 0 Å². The molecule has 2 rings (SSSR count). The van der Waals surface area contributed by atoms with Crippen LogP contribution in [-0.4, -0.2) is 36.3 Å². The van der Waals surface area contributed by atoms with E-state index in [0.717, 1.165) is 25.7 Å². The number of hydrogen-bond donors (Lipinski definition) is 1. The number of hydrogen-bond acceptors (Lipinski definition) is 3. The van der Waals surface area contributed by atoms with Crippen molar-refractivity contribution in [2.24, 2.45) is 11.8 Å². The molecule has 0 radical (unpaired) electrons. The number of likely N-dealkylation sites (tertiary alicyclic amines) is 1. The second kappa shape index (κ2) is 4.53. The van der Waals surface area contributed by atoms with Gasteiger partial charge >= 0.3 is 0 Å². The topological polar surface area (TPSA) is 49.4 Å². The summed E-state index contributed by atoms with van der Waals surface area (Å²) in [7, 11) is 1.95. The lowest BCUT2D eigenvalue weighted by atomic mass is 10.1. The molecule has 2 fully saturated rings. The molecule has 90 valence electrons. The Bertz CT molecular complexity index is 279. The zero-order chi connectivity index (χ0) is 11.7. The third kappa shape index (κ3) is 1.98. The molecule has 0 aromatic rings. The Morgan fingerprint density at radius 3 is 2.50 bits per heavy atom. The van der Waals surface area contributed by atoms with Gasteiger partial charge in [-0.05, 0) is 32.7 Å². The summed E-state index contributed by atoms with van der Waals surface area (Å²) in [6.07, 6.45) is 3.83. The monoisotopic (exact) mass is 224 g/mol. The number of carbonyl (C=O) groups is 2. The molecule has 1 saturated carbocycles. The number of fused-ring (bicyclic) bond motifs is 1. The first-order chi connectivity index (χ1) is 7.69. The van der Waals surface area contributed by atoms with Crippen LogP contribution in [0.1, 0.15) is 32.6 Å². The molecule has 1 saturated heterocycles. The molecule has 3 atom stereocenters. The van der Waals surface area contributed by atoms with Crippen LogP contribution in [0.15, 0.2) is 0 Å². The molecule has 0 aromatic carbocycles. The Hall–Kier alpha value is -0.900. The molecule has 4 nitrogen and oxygen atoms in total. The van der Waals surface area contributed by atoms with E-state index < -0.39 is 0 Å². The van der Waals surface area contributed by atoms with Crippen molar-refractivity contribution in [1.82, 2.24) is 10.2 Å². The van der Waals surface area contributed by atoms with Gasteiger partial charge in [0.2, 0.25) is 11.8 Å². The smallest absolute Gasteiger partial charge is 0.233 e. The summed E-state index contributed by atoms with van der Waals surface area (Å²) in [6, 6.07) is 0.502. The van der Waals surface area contributed by atoms with Crippen LogP contribution in [0, 0.1) is 11.8 Å². The van der Waals surface area contributed by atoms with Gasteiger partial charge in [-0.15, -0.1) is 0 Å². The SMILES string of the molecule is CCC(CCCN1C(=O)C2CC2C1=O)NC. The molecule has 1 heterocycles. The van der Waals surface area contributed by atoms with Crippen LogP contribution in [0.5, 0.6) is 0 Å². The van der Waals surface area contributed by atoms with Crippen LogP contribution in [0.25, 0.3) is 0 Å². The van der Waals surface area contributed by atoms with E-state index in [9.17, 15) is 9.59 Å². The summed E-state index contributed by atoms with van der Waals surface area (Å²) < 4.78 is 0. The molecule has 0 bridgehead atoms. The minimum absolute atomic E-state index is 0.0544. The molecular weight excluding hydrogens is 204 g/mol. The highest BCUT2D eigenvalue weighted by molar-refractivity contribution is 6.08. The molecule has 2 amide bonds. The third-order valence-corrected chi connectivity index (χ3v) is 3.79. The van der Waals surface area contributed by atoms with Crippen LogP contribution in [0.4, 0.5) is 0 Å². The number of amides is 2. The van der Waals surface area contributed by atoms with Gasteiger partial charge in [0.05, 0.1) is 11.8 Å². The van der Waals surface area contributed by atoms with Gasteiger partial charge in [-0.1, -0.05) is 6.92 Å². The number of imide groups is 1. The van der Waals surface area contributed by atoms with Gasteiger partial charge in [0.1, 0.15) is 0 Å². The fourth-order valence-electron chi connectivity index (χ4n) is 2.52. The first kappa shape index (κ1) is 11.6. The van der Waals surface area contributed by atoms with Gasteiger partial charge in [-0.3, -0.25) is 14.5 Å². The second-order valence-electron chi connectivity index (χ2n) is 4.81. The van der Waals surface area contributed by atoms with Crippen molar-refractivity contribution in [1.29, 1.82) is 0 Å². The van der Waals surface area contributed by atoms with E-state index in [0.29, 0.717) is 12.6 Å². The Morgan fingerprint density at radius 1 is 1.38 bits per heavy atom. The largest absolute Gasteiger partial charge is 0.317 e. The highest BCUT2D eigenvalue weighted by Gasteiger charge is 2.58. The van der Waals surface area contributed by atoms with Crippen LogP contribution >= 0.6 is 0 Å². The normalized spacial score (nSPS) is 29.5. The average molecular weight is 224 g/mol. The Labute approximate surface area is 96.4 Å². The number of nitrogens with zero attached hydrogens (tertiary/aromatic N) is 1. The molecule has 4 heteroatoms. The summed E-state index contributed by atoms with van der Waals surface area (Å²) in [5, 5.41) is 3.23. The highest BCUT2D eigenvalue weighted by Crippen LogP contribution is 2.46. The van der Waals surface area contributed by atoms with Gasteiger partial charge < -0.3 is 5.32 Å². The Morgan fingerprint density at radius 2 is 2.00 bits per heavy atom. The van der Waals surface area contributed by atoms with Crippen LogP contribution < -0.4 is 5.32 Å². The van der Waals surface area contributed by atoms with Gasteiger partial charge in [0.25, 0.3) is 0 Å². The fraction of sp³-hybridized carbons (Fsp3) is 0.833. The van der Waals surface area contributed by atoms with Crippen molar-refractivity contribution in [2.45, 2.75) is 38.6 Å². The van der Waals surface area contributed by atoms with Gasteiger partial charge in [-0.25, -0.2) is 0 Å². The van der Waals surface area contributed by atoms with E-state index in [-0.39, 0.29) is 23.7 Å². The van der Waals surface area contributed by atoms with Crippen molar-refractivity contribution in [2.75, 3.05) is 13.6 Å². The quantitative estimate of drug-likeness (QED) is 0.678. The van der Waals surface area contributed by atoms with E-state index in [4.69, 9.17) is 0 Å². The minimum atomic E-state index is 0.0544. The number of carbonyl (C=O) groups excluding carboxylic acids is 2. The van der Waals surface area contributed by atoms with Crippen LogP contribution in [0.3, 0.4) is 0 Å². The van der Waals surface area contributed by atoms with Gasteiger partial charge in [0, 0.05) is 12.6 Å². The molecule has 0 aromatic heterocycles. The second-order valence-corrected chi connectivity index (χ2v) is 4.81. The molecular formula is C12H20N2O2. The summed E-state index contributed by atoms with van der Waals surface area (Å²) in [6.45, 7) is 2.76. The van der Waals surface area contributed by atoms with E-state index in [1.54, 1.807) is 0 Å². The maximum atomic E-state index is 11.7. The third-order valence-electron chi connectivity index (χ3n) is 3.79. The summed E-state index contributed by atoms with van der Waals surface area (Å²) in [5.74, 6) is 0.262. The summed E-state index contributed by atoms with van der Waals surface area (Å²) in [5.41, 5.74) is 0.